The predicted molar refractivity (Wildman–Crippen MR) is 77.6 cm³/mol. The van der Waals surface area contributed by atoms with E-state index in [0.717, 1.165) is 11.1 Å². The van der Waals surface area contributed by atoms with Crippen LogP contribution in [0.25, 0.3) is 0 Å². The van der Waals surface area contributed by atoms with Crippen LogP contribution < -0.4 is 0 Å². The number of imidazole rings is 1. The zero-order chi connectivity index (χ0) is 17.9. The molecule has 24 heavy (non-hydrogen) atoms. The molecular weight excluding hydrogens is 353 g/mol. The molecule has 0 aliphatic rings. The maximum absolute atomic E-state index is 12.7. The van der Waals surface area contributed by atoms with Gasteiger partial charge in [0.15, 0.2) is 0 Å². The van der Waals surface area contributed by atoms with Gasteiger partial charge in [-0.3, -0.25) is 9.36 Å². The van der Waals surface area contributed by atoms with Crippen molar-refractivity contribution in [2.45, 2.75) is 23.5 Å². The zero-order valence-corrected chi connectivity index (χ0v) is 13.1. The highest BCUT2D eigenvalue weighted by molar-refractivity contribution is 8.00. The summed E-state index contributed by atoms with van der Waals surface area (Å²) in [4.78, 5) is 17.1. The largest absolute Gasteiger partial charge is 0.446 e. The highest BCUT2D eigenvalue weighted by Crippen LogP contribution is 2.36. The number of amides is 1. The lowest BCUT2D eigenvalue weighted by Crippen LogP contribution is -2.27. The molecule has 0 aliphatic heterocycles. The summed E-state index contributed by atoms with van der Waals surface area (Å²) >= 11 is -0.283. The number of hydrogen-bond donors (Lipinski definition) is 0. The maximum Gasteiger partial charge on any atom is 0.446 e. The Labute approximate surface area is 138 Å². The summed E-state index contributed by atoms with van der Waals surface area (Å²) in [6, 6.07) is 4.87. The summed E-state index contributed by atoms with van der Waals surface area (Å²) in [6.07, 6.45) is 2.30. The van der Waals surface area contributed by atoms with E-state index in [4.69, 9.17) is 0 Å². The van der Waals surface area contributed by atoms with Crippen LogP contribution >= 0.6 is 11.8 Å². The van der Waals surface area contributed by atoms with E-state index < -0.39 is 18.0 Å². The van der Waals surface area contributed by atoms with E-state index in [1.54, 1.807) is 0 Å². The SMILES string of the molecule is CN(Cc1nccn1C(F)F)C(=O)c1ccc(SC(F)(F)F)cc1. The number of nitrogens with zero attached hydrogens (tertiary/aromatic N) is 3. The van der Waals surface area contributed by atoms with Crippen molar-refractivity contribution in [3.05, 3.63) is 48.0 Å². The Morgan fingerprint density at radius 3 is 2.46 bits per heavy atom. The molecule has 0 aliphatic carbocycles. The number of hydrogen-bond acceptors (Lipinski definition) is 3. The first-order chi connectivity index (χ1) is 11.2. The lowest BCUT2D eigenvalue weighted by atomic mass is 10.2. The van der Waals surface area contributed by atoms with E-state index in [9.17, 15) is 26.7 Å². The highest BCUT2D eigenvalue weighted by Gasteiger charge is 2.29. The molecule has 0 saturated carbocycles. The Bertz CT molecular complexity index is 699. The molecule has 1 aromatic heterocycles. The second-order valence-corrected chi connectivity index (χ2v) is 5.90. The maximum atomic E-state index is 12.7. The average molecular weight is 365 g/mol. The Kier molecular flexibility index (Phi) is 5.47. The topological polar surface area (TPSA) is 38.1 Å². The van der Waals surface area contributed by atoms with E-state index >= 15 is 0 Å². The number of carbonyl (C=O) groups is 1. The molecule has 0 bridgehead atoms. The van der Waals surface area contributed by atoms with Crippen molar-refractivity contribution < 1.29 is 26.7 Å². The molecule has 0 saturated heterocycles. The average Bonchev–Trinajstić information content (AvgIpc) is 2.94. The van der Waals surface area contributed by atoms with Crippen LogP contribution in [0.4, 0.5) is 22.0 Å². The third kappa shape index (κ3) is 4.70. The first-order valence-corrected chi connectivity index (χ1v) is 7.40. The van der Waals surface area contributed by atoms with Crippen LogP contribution in [0.3, 0.4) is 0 Å². The van der Waals surface area contributed by atoms with Gasteiger partial charge in [0.1, 0.15) is 5.82 Å². The van der Waals surface area contributed by atoms with Crippen LogP contribution in [-0.4, -0.2) is 32.9 Å². The Hall–Kier alpha value is -2.10. The van der Waals surface area contributed by atoms with Gasteiger partial charge in [-0.2, -0.15) is 22.0 Å². The number of halogens is 5. The van der Waals surface area contributed by atoms with E-state index in [2.05, 4.69) is 4.98 Å². The molecule has 130 valence electrons. The Morgan fingerprint density at radius 1 is 1.29 bits per heavy atom. The van der Waals surface area contributed by atoms with Crippen LogP contribution in [0.5, 0.6) is 0 Å². The molecule has 1 heterocycles. The van der Waals surface area contributed by atoms with Crippen molar-refractivity contribution in [1.29, 1.82) is 0 Å². The Balaban J connectivity index is 2.06. The number of aromatic nitrogens is 2. The quantitative estimate of drug-likeness (QED) is 0.590. The Morgan fingerprint density at radius 2 is 1.92 bits per heavy atom. The smallest absolute Gasteiger partial charge is 0.334 e. The summed E-state index contributed by atoms with van der Waals surface area (Å²) in [5.74, 6) is -0.507. The number of benzene rings is 1. The van der Waals surface area contributed by atoms with Gasteiger partial charge in [-0.1, -0.05) is 0 Å². The van der Waals surface area contributed by atoms with Crippen molar-refractivity contribution >= 4 is 17.7 Å². The summed E-state index contributed by atoms with van der Waals surface area (Å²) < 4.78 is 62.9. The molecule has 0 N–H and O–H groups in total. The van der Waals surface area contributed by atoms with E-state index in [-0.39, 0.29) is 34.6 Å². The first kappa shape index (κ1) is 18.2. The molecule has 0 radical (unpaired) electrons. The summed E-state index contributed by atoms with van der Waals surface area (Å²) in [7, 11) is 1.39. The van der Waals surface area contributed by atoms with E-state index in [0.29, 0.717) is 4.57 Å². The van der Waals surface area contributed by atoms with Crippen molar-refractivity contribution in [2.24, 2.45) is 0 Å². The summed E-state index contributed by atoms with van der Waals surface area (Å²) in [5.41, 5.74) is -4.26. The van der Waals surface area contributed by atoms with Crippen LogP contribution in [0.1, 0.15) is 22.7 Å². The van der Waals surface area contributed by atoms with Crippen molar-refractivity contribution in [2.75, 3.05) is 7.05 Å². The van der Waals surface area contributed by atoms with Gasteiger partial charge in [0.2, 0.25) is 0 Å². The van der Waals surface area contributed by atoms with E-state index in [1.165, 1.54) is 37.5 Å². The summed E-state index contributed by atoms with van der Waals surface area (Å²) in [5, 5.41) is 0. The van der Waals surface area contributed by atoms with Crippen LogP contribution in [0, 0.1) is 0 Å². The van der Waals surface area contributed by atoms with Gasteiger partial charge in [-0.05, 0) is 36.0 Å². The monoisotopic (exact) mass is 365 g/mol. The number of alkyl halides is 5. The molecule has 0 atom stereocenters. The molecule has 0 unspecified atom stereocenters. The fraction of sp³-hybridized carbons (Fsp3) is 0.286. The summed E-state index contributed by atoms with van der Waals surface area (Å²) in [6.45, 7) is -2.93. The lowest BCUT2D eigenvalue weighted by molar-refractivity contribution is -0.0328. The van der Waals surface area contributed by atoms with Crippen LogP contribution in [0.2, 0.25) is 0 Å². The number of rotatable bonds is 5. The molecule has 1 amide bonds. The second-order valence-electron chi connectivity index (χ2n) is 4.76. The lowest BCUT2D eigenvalue weighted by Gasteiger charge is -2.18. The second kappa shape index (κ2) is 7.20. The minimum absolute atomic E-state index is 0.00472. The van der Waals surface area contributed by atoms with Gasteiger partial charge in [0, 0.05) is 29.9 Å². The molecule has 10 heteroatoms. The fourth-order valence-electron chi connectivity index (χ4n) is 1.95. The normalized spacial score (nSPS) is 11.8. The van der Waals surface area contributed by atoms with Gasteiger partial charge in [0.05, 0.1) is 6.54 Å². The standard InChI is InChI=1S/C14H12F5N3OS/c1-21(8-11-20-6-7-22(11)13(15)16)12(23)9-2-4-10(5-3-9)24-14(17,18)19/h2-7,13H,8H2,1H3. The van der Waals surface area contributed by atoms with Gasteiger partial charge >= 0.3 is 12.1 Å². The van der Waals surface area contributed by atoms with Gasteiger partial charge in [-0.15, -0.1) is 0 Å². The van der Waals surface area contributed by atoms with E-state index in [1.807, 2.05) is 0 Å². The third-order valence-electron chi connectivity index (χ3n) is 3.02. The molecule has 2 rings (SSSR count). The van der Waals surface area contributed by atoms with Crippen LogP contribution in [-0.2, 0) is 6.54 Å². The predicted octanol–water partition coefficient (Wildman–Crippen LogP) is 4.16. The van der Waals surface area contributed by atoms with Crippen molar-refractivity contribution in [1.82, 2.24) is 14.5 Å². The highest BCUT2D eigenvalue weighted by atomic mass is 32.2. The third-order valence-corrected chi connectivity index (χ3v) is 3.76. The fourth-order valence-corrected chi connectivity index (χ4v) is 2.49. The minimum atomic E-state index is -4.41. The molecule has 0 spiro atoms. The van der Waals surface area contributed by atoms with Crippen molar-refractivity contribution in [3.63, 3.8) is 0 Å². The van der Waals surface area contributed by atoms with Crippen molar-refractivity contribution in [3.8, 4) is 0 Å². The molecule has 1 aromatic carbocycles. The number of carbonyl (C=O) groups excluding carboxylic acids is 1. The van der Waals surface area contributed by atoms with Crippen LogP contribution in [0.15, 0.2) is 41.6 Å². The van der Waals surface area contributed by atoms with Gasteiger partial charge < -0.3 is 4.90 Å². The molecule has 4 nitrogen and oxygen atoms in total. The van der Waals surface area contributed by atoms with Gasteiger partial charge in [-0.25, -0.2) is 4.98 Å². The zero-order valence-electron chi connectivity index (χ0n) is 12.3. The number of thioether (sulfide) groups is 1. The first-order valence-electron chi connectivity index (χ1n) is 6.58. The molecule has 0 fully saturated rings. The van der Waals surface area contributed by atoms with Gasteiger partial charge in [0.25, 0.3) is 5.91 Å². The minimum Gasteiger partial charge on any atom is -0.334 e. The molecule has 2 aromatic rings. The molecular formula is C14H12F5N3OS.